The number of esters is 1. The topological polar surface area (TPSA) is 59.1 Å². The van der Waals surface area contributed by atoms with E-state index in [2.05, 4.69) is 11.8 Å². The molecule has 1 amide bonds. The van der Waals surface area contributed by atoms with Crippen molar-refractivity contribution in [3.05, 3.63) is 62.9 Å². The largest absolute Gasteiger partial charge is 0.493 e. The van der Waals surface area contributed by atoms with Crippen molar-refractivity contribution < 1.29 is 23.5 Å². The summed E-state index contributed by atoms with van der Waals surface area (Å²) in [6.07, 6.45) is 5.12. The van der Waals surface area contributed by atoms with Crippen LogP contribution in [-0.2, 0) is 9.53 Å². The van der Waals surface area contributed by atoms with Gasteiger partial charge in [0.25, 0.3) is 5.91 Å². The van der Waals surface area contributed by atoms with E-state index in [1.54, 1.807) is 32.9 Å². The molecule has 2 unspecified atom stereocenters. The van der Waals surface area contributed by atoms with Gasteiger partial charge in [-0.25, -0.2) is 9.18 Å². The molecule has 2 atom stereocenters. The maximum absolute atomic E-state index is 15.5. The number of likely N-dealkylation sites (tertiary alicyclic amines) is 2. The molecule has 0 radical (unpaired) electrons. The first kappa shape index (κ1) is 31.1. The van der Waals surface area contributed by atoms with Gasteiger partial charge in [-0.3, -0.25) is 9.69 Å². The molecule has 3 aliphatic rings. The van der Waals surface area contributed by atoms with Gasteiger partial charge in [-0.2, -0.15) is 0 Å². The lowest BCUT2D eigenvalue weighted by Gasteiger charge is -2.36. The Morgan fingerprint density at radius 2 is 1.64 bits per heavy atom. The molecular formula is C33H41Cl2FN2O4. The fourth-order valence-electron chi connectivity index (χ4n) is 6.10. The molecule has 2 saturated heterocycles. The molecule has 0 bridgehead atoms. The number of benzene rings is 2. The molecule has 2 aliphatic heterocycles. The second-order valence-corrected chi connectivity index (χ2v) is 13.9. The van der Waals surface area contributed by atoms with Crippen molar-refractivity contribution in [2.24, 2.45) is 5.92 Å². The molecule has 0 N–H and O–H groups in total. The van der Waals surface area contributed by atoms with Crippen LogP contribution in [0, 0.1) is 11.7 Å². The zero-order valence-corrected chi connectivity index (χ0v) is 26.4. The second-order valence-electron chi connectivity index (χ2n) is 13.0. The molecule has 228 valence electrons. The SMILES string of the molecule is CC(c1cc(Cl)cc(Cl)c1)N1CCC(COc2cc(F)c(C(=O)N3CCCC3C(=O)OC(C)(C)C)cc2C2CC2)CC1. The molecular weight excluding hydrogens is 578 g/mol. The van der Waals surface area contributed by atoms with Crippen LogP contribution >= 0.6 is 23.2 Å². The average molecular weight is 620 g/mol. The number of nitrogens with zero attached hydrogens (tertiary/aromatic N) is 2. The van der Waals surface area contributed by atoms with Gasteiger partial charge in [-0.1, -0.05) is 23.2 Å². The van der Waals surface area contributed by atoms with Crippen LogP contribution in [0.5, 0.6) is 5.75 Å². The summed E-state index contributed by atoms with van der Waals surface area (Å²) in [5.74, 6) is -0.365. The molecule has 2 aromatic carbocycles. The Labute approximate surface area is 258 Å². The molecule has 1 aliphatic carbocycles. The van der Waals surface area contributed by atoms with Crippen LogP contribution in [0.4, 0.5) is 4.39 Å². The predicted molar refractivity (Wildman–Crippen MR) is 163 cm³/mol. The van der Waals surface area contributed by atoms with Crippen molar-refractivity contribution in [2.75, 3.05) is 26.2 Å². The highest BCUT2D eigenvalue weighted by Crippen LogP contribution is 2.45. The number of ether oxygens (including phenoxy) is 2. The van der Waals surface area contributed by atoms with E-state index in [-0.39, 0.29) is 17.5 Å². The van der Waals surface area contributed by atoms with E-state index >= 15 is 4.39 Å². The zero-order valence-electron chi connectivity index (χ0n) is 24.9. The first-order chi connectivity index (χ1) is 19.9. The summed E-state index contributed by atoms with van der Waals surface area (Å²) in [5, 5.41) is 1.28. The summed E-state index contributed by atoms with van der Waals surface area (Å²) in [4.78, 5) is 30.2. The Kier molecular flexibility index (Phi) is 9.41. The van der Waals surface area contributed by atoms with E-state index < -0.39 is 29.3 Å². The van der Waals surface area contributed by atoms with Crippen LogP contribution in [0.2, 0.25) is 10.0 Å². The van der Waals surface area contributed by atoms with Gasteiger partial charge in [0.15, 0.2) is 0 Å². The van der Waals surface area contributed by atoms with Gasteiger partial charge < -0.3 is 14.4 Å². The van der Waals surface area contributed by atoms with Gasteiger partial charge in [0.05, 0.1) is 12.2 Å². The molecule has 6 nitrogen and oxygen atoms in total. The Hall–Kier alpha value is -2.35. The number of carbonyl (C=O) groups excluding carboxylic acids is 2. The standard InChI is InChI=1S/C33H41Cl2FN2O4/c1-20(23-14-24(34)16-25(35)15-23)37-12-9-21(10-13-37)19-41-30-18-28(36)27(17-26(30)22-7-8-22)31(39)38-11-5-6-29(38)32(40)42-33(2,3)4/h14-18,20-22,29H,5-13,19H2,1-4H3. The van der Waals surface area contributed by atoms with Crippen LogP contribution in [0.25, 0.3) is 0 Å². The van der Waals surface area contributed by atoms with Crippen molar-refractivity contribution >= 4 is 35.1 Å². The summed E-state index contributed by atoms with van der Waals surface area (Å²) in [6, 6.07) is 8.23. The summed E-state index contributed by atoms with van der Waals surface area (Å²) in [5.41, 5.74) is 1.34. The van der Waals surface area contributed by atoms with Crippen LogP contribution in [0.3, 0.4) is 0 Å². The average Bonchev–Trinajstić information content (AvgIpc) is 3.64. The molecule has 1 saturated carbocycles. The smallest absolute Gasteiger partial charge is 0.329 e. The molecule has 5 rings (SSSR count). The number of hydrogen-bond acceptors (Lipinski definition) is 5. The molecule has 3 fully saturated rings. The van der Waals surface area contributed by atoms with E-state index in [1.165, 1.54) is 11.0 Å². The maximum atomic E-state index is 15.5. The van der Waals surface area contributed by atoms with Gasteiger partial charge in [0.2, 0.25) is 0 Å². The van der Waals surface area contributed by atoms with Gasteiger partial charge in [-0.15, -0.1) is 0 Å². The third kappa shape index (κ3) is 7.40. The van der Waals surface area contributed by atoms with Crippen molar-refractivity contribution in [2.45, 2.75) is 89.8 Å². The minimum absolute atomic E-state index is 0.00289. The highest BCUT2D eigenvalue weighted by Gasteiger charge is 2.39. The van der Waals surface area contributed by atoms with E-state index in [0.717, 1.165) is 49.9 Å². The number of halogens is 3. The third-order valence-electron chi connectivity index (χ3n) is 8.58. The van der Waals surface area contributed by atoms with Crippen LogP contribution in [0.1, 0.15) is 99.7 Å². The molecule has 2 heterocycles. The Morgan fingerprint density at radius 3 is 2.26 bits per heavy atom. The molecule has 0 spiro atoms. The van der Waals surface area contributed by atoms with E-state index in [4.69, 9.17) is 32.7 Å². The Morgan fingerprint density at radius 1 is 0.976 bits per heavy atom. The van der Waals surface area contributed by atoms with Crippen molar-refractivity contribution in [3.8, 4) is 5.75 Å². The summed E-state index contributed by atoms with van der Waals surface area (Å²) >= 11 is 12.4. The zero-order chi connectivity index (χ0) is 30.2. The number of carbonyl (C=O) groups is 2. The lowest BCUT2D eigenvalue weighted by atomic mass is 9.95. The number of hydrogen-bond donors (Lipinski definition) is 0. The van der Waals surface area contributed by atoms with Crippen molar-refractivity contribution in [3.63, 3.8) is 0 Å². The van der Waals surface area contributed by atoms with Crippen molar-refractivity contribution in [1.82, 2.24) is 9.80 Å². The first-order valence-corrected chi connectivity index (χ1v) is 15.9. The fraction of sp³-hybridized carbons (Fsp3) is 0.576. The van der Waals surface area contributed by atoms with Crippen LogP contribution in [-0.4, -0.2) is 59.6 Å². The Balaban J connectivity index is 1.22. The number of rotatable bonds is 8. The second kappa shape index (κ2) is 12.7. The van der Waals surface area contributed by atoms with Crippen molar-refractivity contribution in [1.29, 1.82) is 0 Å². The number of amides is 1. The fourth-order valence-corrected chi connectivity index (χ4v) is 6.64. The lowest BCUT2D eigenvalue weighted by molar-refractivity contribution is -0.159. The highest BCUT2D eigenvalue weighted by atomic mass is 35.5. The monoisotopic (exact) mass is 618 g/mol. The highest BCUT2D eigenvalue weighted by molar-refractivity contribution is 6.34. The summed E-state index contributed by atoms with van der Waals surface area (Å²) < 4.78 is 27.3. The minimum atomic E-state index is -0.694. The third-order valence-corrected chi connectivity index (χ3v) is 9.01. The predicted octanol–water partition coefficient (Wildman–Crippen LogP) is 7.81. The van der Waals surface area contributed by atoms with Gasteiger partial charge in [-0.05, 0) is 127 Å². The summed E-state index contributed by atoms with van der Waals surface area (Å²) in [6.45, 7) is 10.3. The number of piperidine rings is 1. The molecule has 2 aromatic rings. The lowest BCUT2D eigenvalue weighted by Crippen LogP contribution is -2.43. The molecule has 0 aromatic heterocycles. The maximum Gasteiger partial charge on any atom is 0.329 e. The van der Waals surface area contributed by atoms with Gasteiger partial charge in [0, 0.05) is 28.7 Å². The van der Waals surface area contributed by atoms with E-state index in [9.17, 15) is 9.59 Å². The Bertz CT molecular complexity index is 1300. The van der Waals surface area contributed by atoms with Gasteiger partial charge in [0.1, 0.15) is 23.2 Å². The summed E-state index contributed by atoms with van der Waals surface area (Å²) in [7, 11) is 0. The van der Waals surface area contributed by atoms with E-state index in [1.807, 2.05) is 12.1 Å². The van der Waals surface area contributed by atoms with Crippen LogP contribution in [0.15, 0.2) is 30.3 Å². The quantitative estimate of drug-likeness (QED) is 0.282. The molecule has 42 heavy (non-hydrogen) atoms. The first-order valence-electron chi connectivity index (χ1n) is 15.1. The van der Waals surface area contributed by atoms with Gasteiger partial charge >= 0.3 is 5.97 Å². The molecule has 9 heteroatoms. The minimum Gasteiger partial charge on any atom is -0.493 e. The van der Waals surface area contributed by atoms with Crippen LogP contribution < -0.4 is 4.74 Å². The normalized spacial score (nSPS) is 20.9. The van der Waals surface area contributed by atoms with E-state index in [0.29, 0.717) is 47.7 Å².